The van der Waals surface area contributed by atoms with Gasteiger partial charge < -0.3 is 4.42 Å². The quantitative estimate of drug-likeness (QED) is 0.472. The summed E-state index contributed by atoms with van der Waals surface area (Å²) in [4.78, 5) is 13.2. The minimum absolute atomic E-state index is 0.639. The van der Waals surface area contributed by atoms with E-state index in [-0.39, 0.29) is 0 Å². The van der Waals surface area contributed by atoms with E-state index in [0.29, 0.717) is 11.6 Å². The minimum atomic E-state index is 0.639. The van der Waals surface area contributed by atoms with Gasteiger partial charge in [0.05, 0.1) is 0 Å². The lowest BCUT2D eigenvalue weighted by atomic mass is 10.1. The molecule has 25 heavy (non-hydrogen) atoms. The predicted molar refractivity (Wildman–Crippen MR) is 101 cm³/mol. The maximum Gasteiger partial charge on any atom is 0.163 e. The number of rotatable bonds is 3. The van der Waals surface area contributed by atoms with E-state index in [9.17, 15) is 0 Å². The van der Waals surface area contributed by atoms with Crippen LogP contribution in [0, 0.1) is 0 Å². The first kappa shape index (κ1) is 15.3. The predicted octanol–water partition coefficient (Wildman–Crippen LogP) is 5.42. The molecule has 0 amide bonds. The Balaban J connectivity index is 1.80. The fraction of sp³-hybridized carbons (Fsp3) is 0.0952. The summed E-state index contributed by atoms with van der Waals surface area (Å²) >= 11 is 0. The third-order valence-corrected chi connectivity index (χ3v) is 4.10. The smallest absolute Gasteiger partial charge is 0.163 e. The zero-order chi connectivity index (χ0) is 17.2. The van der Waals surface area contributed by atoms with Crippen molar-refractivity contribution >= 4 is 27.5 Å². The monoisotopic (exact) mass is 327 g/mol. The van der Waals surface area contributed by atoms with Crippen LogP contribution in [0.5, 0.6) is 0 Å². The molecule has 4 aromatic rings. The van der Waals surface area contributed by atoms with Crippen molar-refractivity contribution in [2.45, 2.75) is 13.8 Å². The highest BCUT2D eigenvalue weighted by Gasteiger charge is 2.10. The van der Waals surface area contributed by atoms with Crippen LogP contribution in [0.25, 0.3) is 38.9 Å². The second-order valence-electron chi connectivity index (χ2n) is 5.82. The highest BCUT2D eigenvalue weighted by atomic mass is 16.3. The van der Waals surface area contributed by atoms with Gasteiger partial charge in [-0.15, -0.1) is 0 Å². The van der Waals surface area contributed by atoms with Crippen molar-refractivity contribution in [2.75, 3.05) is 0 Å². The Morgan fingerprint density at radius 3 is 2.72 bits per heavy atom. The summed E-state index contributed by atoms with van der Waals surface area (Å²) in [5.74, 6) is 1.31. The number of furan rings is 1. The molecule has 0 N–H and O–H groups in total. The molecule has 0 bridgehead atoms. The second-order valence-corrected chi connectivity index (χ2v) is 5.82. The molecule has 0 atom stereocenters. The van der Waals surface area contributed by atoms with Gasteiger partial charge in [-0.2, -0.15) is 0 Å². The van der Waals surface area contributed by atoms with Gasteiger partial charge in [-0.05, 0) is 37.6 Å². The molecule has 0 aliphatic rings. The first-order valence-corrected chi connectivity index (χ1v) is 8.17. The van der Waals surface area contributed by atoms with Gasteiger partial charge in [0.15, 0.2) is 11.6 Å². The van der Waals surface area contributed by atoms with Crippen molar-refractivity contribution in [1.82, 2.24) is 15.0 Å². The number of aromatic nitrogens is 3. The van der Waals surface area contributed by atoms with Gasteiger partial charge in [0, 0.05) is 16.3 Å². The Bertz CT molecular complexity index is 1120. The summed E-state index contributed by atoms with van der Waals surface area (Å²) in [6, 6.07) is 14.1. The van der Waals surface area contributed by atoms with Crippen LogP contribution in [0.3, 0.4) is 0 Å². The van der Waals surface area contributed by atoms with Crippen LogP contribution < -0.4 is 0 Å². The molecule has 0 radical (unpaired) electrons. The topological polar surface area (TPSA) is 51.8 Å². The molecule has 2 heterocycles. The molecule has 0 unspecified atom stereocenters. The number of nitrogens with zero attached hydrogens (tertiary/aromatic N) is 3. The van der Waals surface area contributed by atoms with Crippen molar-refractivity contribution in [2.24, 2.45) is 0 Å². The van der Waals surface area contributed by atoms with Crippen LogP contribution in [0.2, 0.25) is 0 Å². The number of benzene rings is 2. The maximum absolute atomic E-state index is 5.95. The number of hydrogen-bond donors (Lipinski definition) is 0. The van der Waals surface area contributed by atoms with Crippen molar-refractivity contribution in [3.05, 3.63) is 72.8 Å². The van der Waals surface area contributed by atoms with Crippen molar-refractivity contribution in [3.63, 3.8) is 0 Å². The lowest BCUT2D eigenvalue weighted by Crippen LogP contribution is -1.97. The van der Waals surface area contributed by atoms with Gasteiger partial charge in [-0.3, -0.25) is 0 Å². The van der Waals surface area contributed by atoms with Crippen LogP contribution >= 0.6 is 0 Å². The summed E-state index contributed by atoms with van der Waals surface area (Å²) in [6.07, 6.45) is 7.48. The van der Waals surface area contributed by atoms with E-state index < -0.39 is 0 Å². The summed E-state index contributed by atoms with van der Waals surface area (Å²) in [6.45, 7) is 3.97. The molecule has 122 valence electrons. The standard InChI is InChI=1S/C21H17N3O/c1-3-4-7-14(2)20-22-13-23-21(24-20)15-10-11-17-16-8-5-6-9-18(16)25-19(17)12-15/h3-13H,1-2H3/b4-3-,14-7+. The number of allylic oxidation sites excluding steroid dienone is 4. The lowest BCUT2D eigenvalue weighted by molar-refractivity contribution is 0.669. The third kappa shape index (κ3) is 2.83. The highest BCUT2D eigenvalue weighted by molar-refractivity contribution is 6.05. The largest absolute Gasteiger partial charge is 0.456 e. The first-order valence-electron chi connectivity index (χ1n) is 8.17. The van der Waals surface area contributed by atoms with Crippen LogP contribution in [0.4, 0.5) is 0 Å². The molecular formula is C21H17N3O. The van der Waals surface area contributed by atoms with Gasteiger partial charge in [0.25, 0.3) is 0 Å². The summed E-state index contributed by atoms with van der Waals surface area (Å²) in [5.41, 5.74) is 3.62. The second kappa shape index (κ2) is 6.32. The van der Waals surface area contributed by atoms with E-state index in [4.69, 9.17) is 4.42 Å². The third-order valence-electron chi connectivity index (χ3n) is 4.10. The Labute approximate surface area is 145 Å². The van der Waals surface area contributed by atoms with Gasteiger partial charge in [-0.1, -0.05) is 42.5 Å². The first-order chi connectivity index (χ1) is 12.3. The average Bonchev–Trinajstić information content (AvgIpc) is 3.04. The van der Waals surface area contributed by atoms with E-state index in [1.54, 1.807) is 6.33 Å². The van der Waals surface area contributed by atoms with Crippen molar-refractivity contribution in [1.29, 1.82) is 0 Å². The molecule has 0 fully saturated rings. The van der Waals surface area contributed by atoms with Crippen LogP contribution in [-0.2, 0) is 0 Å². The molecule has 4 heteroatoms. The summed E-state index contributed by atoms with van der Waals surface area (Å²) < 4.78 is 5.95. The van der Waals surface area contributed by atoms with Gasteiger partial charge >= 0.3 is 0 Å². The summed E-state index contributed by atoms with van der Waals surface area (Å²) in [7, 11) is 0. The Morgan fingerprint density at radius 1 is 1.00 bits per heavy atom. The zero-order valence-electron chi connectivity index (χ0n) is 14.1. The molecule has 0 spiro atoms. The van der Waals surface area contributed by atoms with Crippen molar-refractivity contribution < 1.29 is 4.42 Å². The zero-order valence-corrected chi connectivity index (χ0v) is 14.1. The molecule has 4 nitrogen and oxygen atoms in total. The van der Waals surface area contributed by atoms with E-state index in [1.807, 2.05) is 62.4 Å². The lowest BCUT2D eigenvalue weighted by Gasteiger charge is -2.03. The Morgan fingerprint density at radius 2 is 1.84 bits per heavy atom. The van der Waals surface area contributed by atoms with Crippen LogP contribution in [0.15, 0.2) is 71.4 Å². The highest BCUT2D eigenvalue weighted by Crippen LogP contribution is 2.31. The van der Waals surface area contributed by atoms with E-state index in [1.165, 1.54) is 0 Å². The molecular weight excluding hydrogens is 310 g/mol. The number of para-hydroxylation sites is 1. The molecule has 0 aliphatic carbocycles. The van der Waals surface area contributed by atoms with Gasteiger partial charge in [-0.25, -0.2) is 15.0 Å². The molecule has 0 saturated carbocycles. The van der Waals surface area contributed by atoms with Crippen molar-refractivity contribution in [3.8, 4) is 11.4 Å². The van der Waals surface area contributed by atoms with E-state index in [0.717, 1.165) is 33.1 Å². The Kier molecular flexibility index (Phi) is 3.86. The van der Waals surface area contributed by atoms with E-state index >= 15 is 0 Å². The Hall–Kier alpha value is -3.27. The molecule has 4 rings (SSSR count). The average molecular weight is 327 g/mol. The SMILES string of the molecule is C/C=C\C=C(/C)c1ncnc(-c2ccc3c(c2)oc2ccccc23)n1. The summed E-state index contributed by atoms with van der Waals surface area (Å²) in [5, 5.41) is 2.21. The fourth-order valence-corrected chi connectivity index (χ4v) is 2.81. The van der Waals surface area contributed by atoms with Crippen LogP contribution in [-0.4, -0.2) is 15.0 Å². The number of fused-ring (bicyclic) bond motifs is 3. The molecule has 0 aliphatic heterocycles. The van der Waals surface area contributed by atoms with Crippen LogP contribution in [0.1, 0.15) is 19.7 Å². The van der Waals surface area contributed by atoms with Gasteiger partial charge in [0.1, 0.15) is 17.5 Å². The maximum atomic E-state index is 5.95. The van der Waals surface area contributed by atoms with Gasteiger partial charge in [0.2, 0.25) is 0 Å². The minimum Gasteiger partial charge on any atom is -0.456 e. The van der Waals surface area contributed by atoms with E-state index in [2.05, 4.69) is 27.1 Å². The normalized spacial score (nSPS) is 12.5. The molecule has 0 saturated heterocycles. The number of hydrogen-bond acceptors (Lipinski definition) is 4. The fourth-order valence-electron chi connectivity index (χ4n) is 2.81. The molecule has 2 aromatic heterocycles. The molecule has 2 aromatic carbocycles.